The van der Waals surface area contributed by atoms with Gasteiger partial charge in [-0.2, -0.15) is 0 Å². The Bertz CT molecular complexity index is 396. The molecule has 2 N–H and O–H groups in total. The first-order chi connectivity index (χ1) is 7.75. The SMILES string of the molecule is Nc1ccc(=O)n(CCCOC2CCC2)c1. The number of nitrogen functional groups attached to an aromatic ring is 1. The topological polar surface area (TPSA) is 57.2 Å². The number of nitrogens with zero attached hydrogens (tertiary/aromatic N) is 1. The molecule has 1 heterocycles. The number of anilines is 1. The van der Waals surface area contributed by atoms with E-state index in [-0.39, 0.29) is 5.56 Å². The summed E-state index contributed by atoms with van der Waals surface area (Å²) >= 11 is 0. The van der Waals surface area contributed by atoms with Crippen LogP contribution in [-0.4, -0.2) is 17.3 Å². The zero-order chi connectivity index (χ0) is 11.4. The first-order valence-corrected chi connectivity index (χ1v) is 5.83. The molecule has 0 aromatic carbocycles. The molecule has 0 atom stereocenters. The summed E-state index contributed by atoms with van der Waals surface area (Å²) in [5.74, 6) is 0. The Balaban J connectivity index is 1.75. The van der Waals surface area contributed by atoms with Gasteiger partial charge in [0.05, 0.1) is 6.10 Å². The van der Waals surface area contributed by atoms with Crippen molar-refractivity contribution in [1.82, 2.24) is 4.57 Å². The fourth-order valence-corrected chi connectivity index (χ4v) is 1.75. The molecular formula is C12H18N2O2. The molecule has 0 amide bonds. The van der Waals surface area contributed by atoms with Crippen molar-refractivity contribution in [2.75, 3.05) is 12.3 Å². The van der Waals surface area contributed by atoms with E-state index in [4.69, 9.17) is 10.5 Å². The van der Waals surface area contributed by atoms with Gasteiger partial charge in [-0.15, -0.1) is 0 Å². The molecule has 16 heavy (non-hydrogen) atoms. The summed E-state index contributed by atoms with van der Waals surface area (Å²) in [7, 11) is 0. The molecule has 0 unspecified atom stereocenters. The van der Waals surface area contributed by atoms with Crippen LogP contribution in [0.15, 0.2) is 23.1 Å². The Morgan fingerprint density at radius 1 is 1.44 bits per heavy atom. The summed E-state index contributed by atoms with van der Waals surface area (Å²) in [5, 5.41) is 0. The highest BCUT2D eigenvalue weighted by Crippen LogP contribution is 2.21. The Hall–Kier alpha value is -1.29. The number of aryl methyl sites for hydroxylation is 1. The van der Waals surface area contributed by atoms with Crippen molar-refractivity contribution in [3.05, 3.63) is 28.7 Å². The van der Waals surface area contributed by atoms with Gasteiger partial charge < -0.3 is 15.0 Å². The quantitative estimate of drug-likeness (QED) is 0.766. The molecule has 4 heteroatoms. The van der Waals surface area contributed by atoms with Crippen molar-refractivity contribution in [1.29, 1.82) is 0 Å². The maximum atomic E-state index is 11.4. The predicted molar refractivity (Wildman–Crippen MR) is 63.3 cm³/mol. The highest BCUT2D eigenvalue weighted by Gasteiger charge is 2.16. The van der Waals surface area contributed by atoms with Crippen molar-refractivity contribution >= 4 is 5.69 Å². The average Bonchev–Trinajstić information content (AvgIpc) is 2.20. The Labute approximate surface area is 95.0 Å². The number of pyridine rings is 1. The third kappa shape index (κ3) is 2.85. The van der Waals surface area contributed by atoms with Crippen LogP contribution in [0.3, 0.4) is 0 Å². The van der Waals surface area contributed by atoms with Gasteiger partial charge >= 0.3 is 0 Å². The normalized spacial score (nSPS) is 16.0. The summed E-state index contributed by atoms with van der Waals surface area (Å²) in [6.07, 6.45) is 6.69. The molecule has 1 aliphatic carbocycles. The predicted octanol–water partition coefficient (Wildman–Crippen LogP) is 1.39. The lowest BCUT2D eigenvalue weighted by molar-refractivity contribution is 0.0000607. The van der Waals surface area contributed by atoms with Gasteiger partial charge in [-0.25, -0.2) is 0 Å². The van der Waals surface area contributed by atoms with Crippen molar-refractivity contribution in [3.8, 4) is 0 Å². The minimum Gasteiger partial charge on any atom is -0.398 e. The van der Waals surface area contributed by atoms with Gasteiger partial charge in [-0.1, -0.05) is 0 Å². The number of hydrogen-bond donors (Lipinski definition) is 1. The molecule has 1 fully saturated rings. The number of rotatable bonds is 5. The van der Waals surface area contributed by atoms with Crippen LogP contribution in [0.1, 0.15) is 25.7 Å². The number of hydrogen-bond acceptors (Lipinski definition) is 3. The largest absolute Gasteiger partial charge is 0.398 e. The van der Waals surface area contributed by atoms with Crippen LogP contribution in [0.25, 0.3) is 0 Å². The van der Waals surface area contributed by atoms with Crippen molar-refractivity contribution < 1.29 is 4.74 Å². The third-order valence-corrected chi connectivity index (χ3v) is 2.96. The summed E-state index contributed by atoms with van der Waals surface area (Å²) in [5.41, 5.74) is 6.24. The van der Waals surface area contributed by atoms with Crippen LogP contribution in [0.5, 0.6) is 0 Å². The molecule has 88 valence electrons. The summed E-state index contributed by atoms with van der Waals surface area (Å²) in [6.45, 7) is 1.41. The van der Waals surface area contributed by atoms with E-state index in [0.717, 1.165) is 13.0 Å². The zero-order valence-corrected chi connectivity index (χ0v) is 9.39. The van der Waals surface area contributed by atoms with E-state index in [0.29, 0.717) is 18.3 Å². The molecule has 1 aliphatic rings. The van der Waals surface area contributed by atoms with Crippen LogP contribution in [-0.2, 0) is 11.3 Å². The third-order valence-electron chi connectivity index (χ3n) is 2.96. The zero-order valence-electron chi connectivity index (χ0n) is 9.39. The van der Waals surface area contributed by atoms with E-state index in [9.17, 15) is 4.79 Å². The maximum absolute atomic E-state index is 11.4. The van der Waals surface area contributed by atoms with Gasteiger partial charge in [0.1, 0.15) is 0 Å². The van der Waals surface area contributed by atoms with Crippen molar-refractivity contribution in [2.45, 2.75) is 38.3 Å². The Morgan fingerprint density at radius 3 is 2.94 bits per heavy atom. The Morgan fingerprint density at radius 2 is 2.25 bits per heavy atom. The summed E-state index contributed by atoms with van der Waals surface area (Å²) in [4.78, 5) is 11.4. The second-order valence-electron chi connectivity index (χ2n) is 4.27. The van der Waals surface area contributed by atoms with Crippen LogP contribution >= 0.6 is 0 Å². The van der Waals surface area contributed by atoms with Gasteiger partial charge in [-0.05, 0) is 31.7 Å². The number of nitrogens with two attached hydrogens (primary N) is 1. The molecule has 0 radical (unpaired) electrons. The van der Waals surface area contributed by atoms with E-state index < -0.39 is 0 Å². The van der Waals surface area contributed by atoms with Gasteiger partial charge in [0.25, 0.3) is 5.56 Å². The highest BCUT2D eigenvalue weighted by atomic mass is 16.5. The average molecular weight is 222 g/mol. The lowest BCUT2D eigenvalue weighted by Gasteiger charge is -2.25. The lowest BCUT2D eigenvalue weighted by atomic mass is 9.96. The maximum Gasteiger partial charge on any atom is 0.250 e. The van der Waals surface area contributed by atoms with E-state index in [1.165, 1.54) is 25.3 Å². The van der Waals surface area contributed by atoms with Crippen LogP contribution in [0.4, 0.5) is 5.69 Å². The molecule has 0 spiro atoms. The van der Waals surface area contributed by atoms with Crippen molar-refractivity contribution in [2.24, 2.45) is 0 Å². The van der Waals surface area contributed by atoms with E-state index >= 15 is 0 Å². The van der Waals surface area contributed by atoms with Crippen LogP contribution < -0.4 is 11.3 Å². The standard InChI is InChI=1S/C12H18N2O2/c13-10-5-6-12(15)14(9-10)7-2-8-16-11-3-1-4-11/h5-6,9,11H,1-4,7-8,13H2. The lowest BCUT2D eigenvalue weighted by Crippen LogP contribution is -2.24. The van der Waals surface area contributed by atoms with Gasteiger partial charge in [0.2, 0.25) is 0 Å². The molecule has 0 saturated heterocycles. The smallest absolute Gasteiger partial charge is 0.250 e. The van der Waals surface area contributed by atoms with Gasteiger partial charge in [-0.3, -0.25) is 4.79 Å². The second kappa shape index (κ2) is 5.16. The molecule has 2 rings (SSSR count). The van der Waals surface area contributed by atoms with Crippen molar-refractivity contribution in [3.63, 3.8) is 0 Å². The number of ether oxygens (including phenoxy) is 1. The number of aromatic nitrogens is 1. The minimum absolute atomic E-state index is 0.00200. The fourth-order valence-electron chi connectivity index (χ4n) is 1.75. The van der Waals surface area contributed by atoms with E-state index in [1.54, 1.807) is 16.8 Å². The van der Waals surface area contributed by atoms with Crippen LogP contribution in [0.2, 0.25) is 0 Å². The minimum atomic E-state index is -0.00200. The van der Waals surface area contributed by atoms with E-state index in [1.807, 2.05) is 0 Å². The van der Waals surface area contributed by atoms with E-state index in [2.05, 4.69) is 0 Å². The molecule has 1 aromatic rings. The molecule has 4 nitrogen and oxygen atoms in total. The first-order valence-electron chi connectivity index (χ1n) is 5.83. The Kier molecular flexibility index (Phi) is 3.62. The van der Waals surface area contributed by atoms with Gasteiger partial charge in [0, 0.05) is 31.1 Å². The molecule has 0 bridgehead atoms. The fraction of sp³-hybridized carbons (Fsp3) is 0.583. The molecule has 1 saturated carbocycles. The first kappa shape index (κ1) is 11.2. The monoisotopic (exact) mass is 222 g/mol. The molecule has 0 aliphatic heterocycles. The summed E-state index contributed by atoms with van der Waals surface area (Å²) in [6, 6.07) is 3.13. The second-order valence-corrected chi connectivity index (χ2v) is 4.27. The summed E-state index contributed by atoms with van der Waals surface area (Å²) < 4.78 is 7.26. The molecule has 1 aromatic heterocycles. The van der Waals surface area contributed by atoms with Gasteiger partial charge in [0.15, 0.2) is 0 Å². The molecular weight excluding hydrogens is 204 g/mol. The highest BCUT2D eigenvalue weighted by molar-refractivity contribution is 5.33. The van der Waals surface area contributed by atoms with Crippen LogP contribution in [0, 0.1) is 0 Å².